The lowest BCUT2D eigenvalue weighted by Gasteiger charge is -2.01. The summed E-state index contributed by atoms with van der Waals surface area (Å²) in [4.78, 5) is 10.2. The Morgan fingerprint density at radius 1 is 1.89 bits per heavy atom. The molecule has 0 saturated heterocycles. The van der Waals surface area contributed by atoms with Gasteiger partial charge in [0.25, 0.3) is 0 Å². The maximum absolute atomic E-state index is 10.2. The summed E-state index contributed by atoms with van der Waals surface area (Å²) in [5, 5.41) is 8.57. The molecule has 4 heteroatoms. The van der Waals surface area contributed by atoms with E-state index < -0.39 is 12.0 Å². The third kappa shape index (κ3) is 1.37. The predicted octanol–water partition coefficient (Wildman–Crippen LogP) is -0.283. The second-order valence-electron chi connectivity index (χ2n) is 2.33. The number of aliphatic carboxylic acids is 1. The van der Waals surface area contributed by atoms with Gasteiger partial charge in [-0.25, -0.2) is 0 Å². The molecular weight excluding hydrogens is 138 g/mol. The fourth-order valence-electron chi connectivity index (χ4n) is 0.769. The first-order valence-electron chi connectivity index (χ1n) is 2.79. The molecule has 0 heterocycles. The van der Waals surface area contributed by atoms with Crippen molar-refractivity contribution in [3.63, 3.8) is 0 Å². The van der Waals surface area contributed by atoms with Gasteiger partial charge in [0.05, 0.1) is 0 Å². The Kier molecular flexibility index (Phi) is 1.68. The molecule has 3 nitrogen and oxygen atoms in total. The van der Waals surface area contributed by atoms with E-state index in [4.69, 9.17) is 10.8 Å². The van der Waals surface area contributed by atoms with E-state index in [0.29, 0.717) is 0 Å². The Bertz CT molecular complexity index is 139. The van der Waals surface area contributed by atoms with E-state index in [0.717, 1.165) is 6.42 Å². The van der Waals surface area contributed by atoms with E-state index in [1.165, 1.54) is 0 Å². The highest BCUT2D eigenvalue weighted by Gasteiger charge is 2.41. The smallest absolute Gasteiger partial charge is 0.320 e. The summed E-state index contributed by atoms with van der Waals surface area (Å²) < 4.78 is 0. The third-order valence-electron chi connectivity index (χ3n) is 1.55. The number of hydrogen-bond donors (Lipinski definition) is 3. The number of hydrogen-bond acceptors (Lipinski definition) is 3. The molecule has 0 aromatic heterocycles. The van der Waals surface area contributed by atoms with Gasteiger partial charge in [-0.15, -0.1) is 0 Å². The first-order chi connectivity index (χ1) is 4.13. The van der Waals surface area contributed by atoms with Gasteiger partial charge in [-0.3, -0.25) is 4.79 Å². The van der Waals surface area contributed by atoms with Crippen LogP contribution >= 0.6 is 12.6 Å². The van der Waals surface area contributed by atoms with Crippen molar-refractivity contribution in [2.24, 2.45) is 11.7 Å². The minimum absolute atomic E-state index is 0.103. The second kappa shape index (κ2) is 2.19. The number of carbonyl (C=O) groups is 1. The monoisotopic (exact) mass is 147 g/mol. The van der Waals surface area contributed by atoms with Crippen molar-refractivity contribution in [1.82, 2.24) is 0 Å². The quantitative estimate of drug-likeness (QED) is 0.470. The van der Waals surface area contributed by atoms with Gasteiger partial charge in [-0.05, 0) is 12.3 Å². The minimum atomic E-state index is -0.920. The minimum Gasteiger partial charge on any atom is -0.480 e. The Morgan fingerprint density at radius 2 is 2.33 bits per heavy atom. The van der Waals surface area contributed by atoms with Crippen molar-refractivity contribution in [3.8, 4) is 0 Å². The third-order valence-corrected chi connectivity index (χ3v) is 2.14. The van der Waals surface area contributed by atoms with Gasteiger partial charge in [0.15, 0.2) is 0 Å². The summed E-state index contributed by atoms with van der Waals surface area (Å²) in [6, 6.07) is -0.701. The molecule has 9 heavy (non-hydrogen) atoms. The fraction of sp³-hybridized carbons (Fsp3) is 0.800. The average molecular weight is 147 g/mol. The molecule has 0 radical (unpaired) electrons. The van der Waals surface area contributed by atoms with Gasteiger partial charge >= 0.3 is 5.97 Å². The van der Waals surface area contributed by atoms with Crippen LogP contribution in [0, 0.1) is 5.92 Å². The Hall–Kier alpha value is -0.220. The summed E-state index contributed by atoms with van der Waals surface area (Å²) in [6.45, 7) is 0. The van der Waals surface area contributed by atoms with Gasteiger partial charge in [-0.2, -0.15) is 12.6 Å². The highest BCUT2D eigenvalue weighted by molar-refractivity contribution is 7.81. The largest absolute Gasteiger partial charge is 0.480 e. The second-order valence-corrected chi connectivity index (χ2v) is 2.99. The van der Waals surface area contributed by atoms with E-state index in [1.54, 1.807) is 0 Å². The van der Waals surface area contributed by atoms with Crippen LogP contribution in [0.2, 0.25) is 0 Å². The molecule has 1 rings (SSSR count). The van der Waals surface area contributed by atoms with Gasteiger partial charge in [0.1, 0.15) is 6.04 Å². The number of rotatable bonds is 2. The zero-order valence-electron chi connectivity index (χ0n) is 4.82. The molecule has 52 valence electrons. The lowest BCUT2D eigenvalue weighted by molar-refractivity contribution is -0.139. The van der Waals surface area contributed by atoms with Crippen molar-refractivity contribution in [3.05, 3.63) is 0 Å². The Morgan fingerprint density at radius 3 is 2.44 bits per heavy atom. The maximum Gasteiger partial charge on any atom is 0.320 e. The molecule has 0 aliphatic heterocycles. The van der Waals surface area contributed by atoms with Gasteiger partial charge in [0.2, 0.25) is 0 Å². The summed E-state index contributed by atoms with van der Waals surface area (Å²) in [5.41, 5.74) is 5.26. The molecule has 1 unspecified atom stereocenters. The molecule has 1 fully saturated rings. The van der Waals surface area contributed by atoms with Crippen LogP contribution in [0.1, 0.15) is 6.42 Å². The molecule has 0 amide bonds. The van der Waals surface area contributed by atoms with Crippen LogP contribution in [0.25, 0.3) is 0 Å². The molecule has 3 atom stereocenters. The van der Waals surface area contributed by atoms with Crippen LogP contribution in [0.3, 0.4) is 0 Å². The number of thiol groups is 1. The average Bonchev–Trinajstić information content (AvgIpc) is 2.44. The molecule has 0 aromatic carbocycles. The van der Waals surface area contributed by atoms with Crippen LogP contribution in [0.4, 0.5) is 0 Å². The molecular formula is C5H9NO2S. The van der Waals surface area contributed by atoms with Crippen LogP contribution in [-0.4, -0.2) is 22.4 Å². The number of carboxylic acids is 1. The van der Waals surface area contributed by atoms with Crippen molar-refractivity contribution in [2.45, 2.75) is 17.7 Å². The number of nitrogens with two attached hydrogens (primary N) is 1. The van der Waals surface area contributed by atoms with Crippen molar-refractivity contribution >= 4 is 18.6 Å². The van der Waals surface area contributed by atoms with E-state index >= 15 is 0 Å². The first-order valence-corrected chi connectivity index (χ1v) is 3.31. The Balaban J connectivity index is 2.36. The highest BCUT2D eigenvalue weighted by atomic mass is 32.1. The number of carboxylic acid groups (broad SMARTS) is 1. The summed E-state index contributed by atoms with van der Waals surface area (Å²) in [5.74, 6) is -0.817. The molecule has 3 N–H and O–H groups in total. The molecule has 1 aliphatic carbocycles. The fourth-order valence-corrected chi connectivity index (χ4v) is 1.20. The van der Waals surface area contributed by atoms with Crippen molar-refractivity contribution in [1.29, 1.82) is 0 Å². The van der Waals surface area contributed by atoms with Gasteiger partial charge in [0, 0.05) is 5.25 Å². The summed E-state index contributed by atoms with van der Waals surface area (Å²) >= 11 is 4.06. The topological polar surface area (TPSA) is 63.3 Å². The van der Waals surface area contributed by atoms with E-state index in [2.05, 4.69) is 12.6 Å². The first kappa shape index (κ1) is 6.89. The van der Waals surface area contributed by atoms with E-state index in [9.17, 15) is 4.79 Å². The maximum atomic E-state index is 10.2. The van der Waals surface area contributed by atoms with Crippen molar-refractivity contribution < 1.29 is 9.90 Å². The summed E-state index contributed by atoms with van der Waals surface area (Å²) in [6.07, 6.45) is 0.844. The van der Waals surface area contributed by atoms with E-state index in [1.807, 2.05) is 0 Å². The standard InChI is InChI=1S/C5H9NO2S/c6-4(5(7)8)2-1-3(2)9/h2-4,9H,1,6H2,(H,7,8)/t2-,3?,4-/m1/s1. The molecule has 0 aromatic rings. The van der Waals surface area contributed by atoms with Crippen LogP contribution in [0.15, 0.2) is 0 Å². The Labute approximate surface area is 58.6 Å². The molecule has 1 aliphatic rings. The van der Waals surface area contributed by atoms with Crippen molar-refractivity contribution in [2.75, 3.05) is 0 Å². The predicted molar refractivity (Wildman–Crippen MR) is 36.5 cm³/mol. The SMILES string of the molecule is N[C@@H](C(=O)O)[C@@H]1CC1S. The van der Waals surface area contributed by atoms with E-state index in [-0.39, 0.29) is 11.2 Å². The van der Waals surface area contributed by atoms with Gasteiger partial charge in [-0.1, -0.05) is 0 Å². The molecule has 1 saturated carbocycles. The molecule has 0 spiro atoms. The summed E-state index contributed by atoms with van der Waals surface area (Å²) in [7, 11) is 0. The zero-order chi connectivity index (χ0) is 7.02. The normalized spacial score (nSPS) is 35.8. The van der Waals surface area contributed by atoms with Gasteiger partial charge < -0.3 is 10.8 Å². The molecule has 0 bridgehead atoms. The zero-order valence-corrected chi connectivity index (χ0v) is 5.71. The van der Waals surface area contributed by atoms with Crippen LogP contribution < -0.4 is 5.73 Å². The lowest BCUT2D eigenvalue weighted by atomic mass is 10.2. The highest BCUT2D eigenvalue weighted by Crippen LogP contribution is 2.37. The van der Waals surface area contributed by atoms with Crippen LogP contribution in [-0.2, 0) is 4.79 Å². The van der Waals surface area contributed by atoms with Crippen LogP contribution in [0.5, 0.6) is 0 Å². The lowest BCUT2D eigenvalue weighted by Crippen LogP contribution is -2.32.